The molecule has 152 valence electrons. The normalized spacial score (nSPS) is 20.4. The highest BCUT2D eigenvalue weighted by molar-refractivity contribution is 5.80. The zero-order valence-corrected chi connectivity index (χ0v) is 17.1. The number of methoxy groups -OCH3 is 1. The molecule has 2 rings (SSSR count). The lowest BCUT2D eigenvalue weighted by molar-refractivity contribution is 0.00988. The van der Waals surface area contributed by atoms with Gasteiger partial charge in [-0.1, -0.05) is 0 Å². The first-order valence-electron chi connectivity index (χ1n) is 10.4. The monoisotopic (exact) mass is 369 g/mol. The van der Waals surface area contributed by atoms with Gasteiger partial charge in [0.05, 0.1) is 6.10 Å². The van der Waals surface area contributed by atoms with Gasteiger partial charge < -0.3 is 24.4 Å². The summed E-state index contributed by atoms with van der Waals surface area (Å²) in [5, 5.41) is 3.48. The van der Waals surface area contributed by atoms with Crippen LogP contribution in [0.25, 0.3) is 0 Å². The molecule has 6 heteroatoms. The maximum absolute atomic E-state index is 5.97. The third-order valence-electron chi connectivity index (χ3n) is 5.42. The van der Waals surface area contributed by atoms with Gasteiger partial charge in [0.15, 0.2) is 5.96 Å². The minimum absolute atomic E-state index is 0.381. The number of ether oxygens (including phenoxy) is 3. The van der Waals surface area contributed by atoms with Crippen molar-refractivity contribution in [3.63, 3.8) is 0 Å². The van der Waals surface area contributed by atoms with Crippen LogP contribution >= 0.6 is 0 Å². The number of likely N-dealkylation sites (tertiary alicyclic amines) is 1. The summed E-state index contributed by atoms with van der Waals surface area (Å²) in [5.74, 6) is 1.08. The van der Waals surface area contributed by atoms with E-state index in [0.717, 1.165) is 84.2 Å². The number of nitrogens with one attached hydrogen (secondary N) is 1. The Balaban J connectivity index is 1.75. The van der Waals surface area contributed by atoms with Gasteiger partial charge in [-0.2, -0.15) is 0 Å². The SMILES string of the molecule is CCNC(=NCC1(CCOCC)CC1)N1CCC(OCCCOC)CC1. The zero-order chi connectivity index (χ0) is 18.7. The number of nitrogens with zero attached hydrogens (tertiary/aromatic N) is 2. The van der Waals surface area contributed by atoms with E-state index in [1.54, 1.807) is 7.11 Å². The van der Waals surface area contributed by atoms with Crippen LogP contribution in [-0.4, -0.2) is 76.7 Å². The van der Waals surface area contributed by atoms with E-state index in [1.807, 2.05) is 0 Å². The smallest absolute Gasteiger partial charge is 0.193 e. The number of guanidine groups is 1. The lowest BCUT2D eigenvalue weighted by Crippen LogP contribution is -2.47. The van der Waals surface area contributed by atoms with Crippen LogP contribution in [0.4, 0.5) is 0 Å². The van der Waals surface area contributed by atoms with Crippen molar-refractivity contribution in [2.24, 2.45) is 10.4 Å². The van der Waals surface area contributed by atoms with Crippen LogP contribution in [0.5, 0.6) is 0 Å². The highest BCUT2D eigenvalue weighted by atomic mass is 16.5. The molecule has 1 heterocycles. The minimum atomic E-state index is 0.381. The molecule has 6 nitrogen and oxygen atoms in total. The van der Waals surface area contributed by atoms with Crippen LogP contribution in [0.1, 0.15) is 52.4 Å². The molecule has 0 bridgehead atoms. The van der Waals surface area contributed by atoms with Crippen LogP contribution in [0.2, 0.25) is 0 Å². The molecular weight excluding hydrogens is 330 g/mol. The predicted octanol–water partition coefficient (Wildman–Crippen LogP) is 2.68. The lowest BCUT2D eigenvalue weighted by atomic mass is 10.0. The van der Waals surface area contributed by atoms with Crippen molar-refractivity contribution in [1.29, 1.82) is 0 Å². The van der Waals surface area contributed by atoms with E-state index in [0.29, 0.717) is 11.5 Å². The standard InChI is InChI=1S/C20H39N3O3/c1-4-21-19(22-17-20(9-10-20)11-16-25-5-2)23-12-7-18(8-13-23)26-15-6-14-24-3/h18H,4-17H2,1-3H3,(H,21,22). The Labute approximate surface area is 159 Å². The number of aliphatic imine (C=N–C) groups is 1. The molecule has 2 fully saturated rings. The fraction of sp³-hybridized carbons (Fsp3) is 0.950. The second-order valence-electron chi connectivity index (χ2n) is 7.52. The van der Waals surface area contributed by atoms with Gasteiger partial charge in [-0.3, -0.25) is 4.99 Å². The van der Waals surface area contributed by atoms with Crippen molar-refractivity contribution in [1.82, 2.24) is 10.2 Å². The molecule has 1 N–H and O–H groups in total. The Hall–Kier alpha value is -0.850. The molecule has 0 unspecified atom stereocenters. The summed E-state index contributed by atoms with van der Waals surface area (Å²) in [6.07, 6.45) is 7.23. The average molecular weight is 370 g/mol. The fourth-order valence-electron chi connectivity index (χ4n) is 3.45. The van der Waals surface area contributed by atoms with Gasteiger partial charge in [0.2, 0.25) is 0 Å². The molecule has 26 heavy (non-hydrogen) atoms. The van der Waals surface area contributed by atoms with Crippen molar-refractivity contribution in [3.8, 4) is 0 Å². The largest absolute Gasteiger partial charge is 0.385 e. The molecule has 0 spiro atoms. The minimum Gasteiger partial charge on any atom is -0.385 e. The fourth-order valence-corrected chi connectivity index (χ4v) is 3.45. The van der Waals surface area contributed by atoms with Crippen LogP contribution in [0, 0.1) is 5.41 Å². The Bertz CT molecular complexity index is 405. The summed E-state index contributed by atoms with van der Waals surface area (Å²) in [7, 11) is 1.74. The van der Waals surface area contributed by atoms with Crippen LogP contribution in [0.3, 0.4) is 0 Å². The molecule has 1 aliphatic heterocycles. The summed E-state index contributed by atoms with van der Waals surface area (Å²) >= 11 is 0. The first-order valence-corrected chi connectivity index (χ1v) is 10.4. The summed E-state index contributed by atoms with van der Waals surface area (Å²) in [5.41, 5.74) is 0.401. The molecule has 0 amide bonds. The summed E-state index contributed by atoms with van der Waals surface area (Å²) < 4.78 is 16.6. The second kappa shape index (κ2) is 11.8. The first kappa shape index (κ1) is 21.5. The molecule has 1 aliphatic carbocycles. The first-order chi connectivity index (χ1) is 12.7. The third kappa shape index (κ3) is 7.41. The van der Waals surface area contributed by atoms with Gasteiger partial charge in [-0.15, -0.1) is 0 Å². The van der Waals surface area contributed by atoms with Crippen molar-refractivity contribution in [3.05, 3.63) is 0 Å². The van der Waals surface area contributed by atoms with Crippen molar-refractivity contribution >= 4 is 5.96 Å². The molecular formula is C20H39N3O3. The molecule has 0 atom stereocenters. The summed E-state index contributed by atoms with van der Waals surface area (Å²) in [6, 6.07) is 0. The Morgan fingerprint density at radius 2 is 1.92 bits per heavy atom. The second-order valence-corrected chi connectivity index (χ2v) is 7.52. The number of rotatable bonds is 12. The predicted molar refractivity (Wildman–Crippen MR) is 106 cm³/mol. The van der Waals surface area contributed by atoms with E-state index < -0.39 is 0 Å². The van der Waals surface area contributed by atoms with Crippen molar-refractivity contribution in [2.75, 3.05) is 59.7 Å². The zero-order valence-electron chi connectivity index (χ0n) is 17.1. The molecule has 0 aromatic rings. The van der Waals surface area contributed by atoms with Gasteiger partial charge in [0.25, 0.3) is 0 Å². The van der Waals surface area contributed by atoms with Gasteiger partial charge in [-0.25, -0.2) is 0 Å². The van der Waals surface area contributed by atoms with Crippen LogP contribution < -0.4 is 5.32 Å². The molecule has 1 saturated heterocycles. The van der Waals surface area contributed by atoms with Crippen LogP contribution in [-0.2, 0) is 14.2 Å². The summed E-state index contributed by atoms with van der Waals surface area (Å²) in [4.78, 5) is 7.38. The van der Waals surface area contributed by atoms with Crippen LogP contribution in [0.15, 0.2) is 4.99 Å². The van der Waals surface area contributed by atoms with Gasteiger partial charge in [0.1, 0.15) is 0 Å². The third-order valence-corrected chi connectivity index (χ3v) is 5.42. The number of piperidine rings is 1. The van der Waals surface area contributed by atoms with Crippen molar-refractivity contribution < 1.29 is 14.2 Å². The van der Waals surface area contributed by atoms with Gasteiger partial charge in [0, 0.05) is 59.7 Å². The molecule has 0 radical (unpaired) electrons. The molecule has 2 aliphatic rings. The Morgan fingerprint density at radius 3 is 2.54 bits per heavy atom. The van der Waals surface area contributed by atoms with E-state index in [9.17, 15) is 0 Å². The van der Waals surface area contributed by atoms with E-state index in [2.05, 4.69) is 24.1 Å². The average Bonchev–Trinajstić information content (AvgIpc) is 3.43. The van der Waals surface area contributed by atoms with E-state index in [1.165, 1.54) is 12.8 Å². The quantitative estimate of drug-likeness (QED) is 0.326. The highest BCUT2D eigenvalue weighted by Gasteiger charge is 2.42. The van der Waals surface area contributed by atoms with E-state index >= 15 is 0 Å². The molecule has 0 aromatic carbocycles. The molecule has 1 saturated carbocycles. The number of hydrogen-bond donors (Lipinski definition) is 1. The topological polar surface area (TPSA) is 55.3 Å². The maximum atomic E-state index is 5.97. The van der Waals surface area contributed by atoms with Gasteiger partial charge in [-0.05, 0) is 57.8 Å². The van der Waals surface area contributed by atoms with Gasteiger partial charge >= 0.3 is 0 Å². The number of hydrogen-bond acceptors (Lipinski definition) is 4. The maximum Gasteiger partial charge on any atom is 0.193 e. The highest BCUT2D eigenvalue weighted by Crippen LogP contribution is 2.49. The van der Waals surface area contributed by atoms with Crippen molar-refractivity contribution in [2.45, 2.75) is 58.5 Å². The van der Waals surface area contributed by atoms with E-state index in [-0.39, 0.29) is 0 Å². The Kier molecular flexibility index (Phi) is 9.72. The summed E-state index contributed by atoms with van der Waals surface area (Å²) in [6.45, 7) is 11.3. The lowest BCUT2D eigenvalue weighted by Gasteiger charge is -2.34. The Morgan fingerprint density at radius 1 is 1.15 bits per heavy atom. The van der Waals surface area contributed by atoms with E-state index in [4.69, 9.17) is 19.2 Å². The molecule has 0 aromatic heterocycles.